The fraction of sp³-hybridized carbons (Fsp3) is 0.188. The van der Waals surface area contributed by atoms with Crippen LogP contribution < -0.4 is 0 Å². The quantitative estimate of drug-likeness (QED) is 0.781. The molecule has 0 aromatic carbocycles. The predicted molar refractivity (Wildman–Crippen MR) is 78.4 cm³/mol. The molecule has 0 aliphatic rings. The zero-order valence-electron chi connectivity index (χ0n) is 11.8. The summed E-state index contributed by atoms with van der Waals surface area (Å²) in [5.41, 5.74) is 2.24. The molecule has 0 aliphatic heterocycles. The van der Waals surface area contributed by atoms with Crippen molar-refractivity contribution in [3.63, 3.8) is 0 Å². The number of fused-ring (bicyclic) bond motifs is 1. The second-order valence-corrected chi connectivity index (χ2v) is 5.39. The van der Waals surface area contributed by atoms with Gasteiger partial charge in [0.15, 0.2) is 0 Å². The number of aromatic nitrogens is 3. The van der Waals surface area contributed by atoms with E-state index in [4.69, 9.17) is 0 Å². The highest BCUT2D eigenvalue weighted by molar-refractivity contribution is 5.76. The minimum Gasteiger partial charge on any atom is -0.386 e. The van der Waals surface area contributed by atoms with E-state index in [9.17, 15) is 10.4 Å². The van der Waals surface area contributed by atoms with Gasteiger partial charge in [-0.15, -0.1) is 0 Å². The molecule has 0 amide bonds. The number of nitriles is 1. The Hall–Kier alpha value is -2.71. The van der Waals surface area contributed by atoms with Crippen LogP contribution in [0.2, 0.25) is 0 Å². The van der Waals surface area contributed by atoms with Crippen molar-refractivity contribution < 1.29 is 5.11 Å². The van der Waals surface area contributed by atoms with Crippen LogP contribution in [0.3, 0.4) is 0 Å². The Morgan fingerprint density at radius 2 is 2.10 bits per heavy atom. The van der Waals surface area contributed by atoms with Gasteiger partial charge in [0.25, 0.3) is 0 Å². The van der Waals surface area contributed by atoms with Gasteiger partial charge in [0, 0.05) is 29.7 Å². The van der Waals surface area contributed by atoms with Gasteiger partial charge in [0.2, 0.25) is 0 Å². The first-order valence-electron chi connectivity index (χ1n) is 6.56. The molecule has 0 saturated heterocycles. The van der Waals surface area contributed by atoms with E-state index in [0.717, 1.165) is 11.1 Å². The molecule has 0 saturated carbocycles. The number of hydrogen-bond acceptors (Lipinski definition) is 4. The van der Waals surface area contributed by atoms with Crippen LogP contribution in [0.1, 0.15) is 25.0 Å². The van der Waals surface area contributed by atoms with Gasteiger partial charge < -0.3 is 5.11 Å². The average molecular weight is 278 g/mol. The highest BCUT2D eigenvalue weighted by Gasteiger charge is 2.19. The Labute approximate surface area is 122 Å². The third-order valence-corrected chi connectivity index (χ3v) is 3.37. The molecule has 21 heavy (non-hydrogen) atoms. The van der Waals surface area contributed by atoms with Crippen LogP contribution in [0.25, 0.3) is 16.8 Å². The largest absolute Gasteiger partial charge is 0.386 e. The van der Waals surface area contributed by atoms with Gasteiger partial charge in [-0.05, 0) is 32.0 Å². The molecule has 3 rings (SSSR count). The first kappa shape index (κ1) is 13.3. The van der Waals surface area contributed by atoms with Gasteiger partial charge >= 0.3 is 0 Å². The van der Waals surface area contributed by atoms with Crippen molar-refractivity contribution in [1.29, 1.82) is 5.26 Å². The van der Waals surface area contributed by atoms with Gasteiger partial charge in [-0.2, -0.15) is 10.4 Å². The van der Waals surface area contributed by atoms with Crippen molar-refractivity contribution in [1.82, 2.24) is 14.6 Å². The smallest absolute Gasteiger partial charge is 0.113 e. The third kappa shape index (κ3) is 2.26. The molecule has 104 valence electrons. The maximum absolute atomic E-state index is 10.1. The van der Waals surface area contributed by atoms with Gasteiger partial charge in [-0.25, -0.2) is 4.52 Å². The summed E-state index contributed by atoms with van der Waals surface area (Å²) in [5, 5.41) is 24.0. The van der Waals surface area contributed by atoms with E-state index < -0.39 is 5.60 Å². The predicted octanol–water partition coefficient (Wildman–Crippen LogP) is 2.50. The maximum Gasteiger partial charge on any atom is 0.113 e. The van der Waals surface area contributed by atoms with E-state index in [1.165, 1.54) is 0 Å². The van der Waals surface area contributed by atoms with Crippen LogP contribution in [0.4, 0.5) is 0 Å². The second kappa shape index (κ2) is 4.69. The molecule has 0 atom stereocenters. The lowest BCUT2D eigenvalue weighted by Gasteiger charge is -2.17. The summed E-state index contributed by atoms with van der Waals surface area (Å²) in [5.74, 6) is 0. The molecule has 0 aliphatic carbocycles. The first-order valence-corrected chi connectivity index (χ1v) is 6.56. The number of nitrogens with zero attached hydrogens (tertiary/aromatic N) is 4. The van der Waals surface area contributed by atoms with Crippen LogP contribution in [-0.4, -0.2) is 19.7 Å². The summed E-state index contributed by atoms with van der Waals surface area (Å²) in [7, 11) is 0. The van der Waals surface area contributed by atoms with Crippen molar-refractivity contribution >= 4 is 5.52 Å². The normalized spacial score (nSPS) is 11.5. The molecule has 3 heterocycles. The minimum atomic E-state index is -0.991. The van der Waals surface area contributed by atoms with E-state index in [1.54, 1.807) is 37.0 Å². The summed E-state index contributed by atoms with van der Waals surface area (Å²) >= 11 is 0. The summed E-state index contributed by atoms with van der Waals surface area (Å²) in [6.45, 7) is 3.39. The molecule has 5 heteroatoms. The maximum atomic E-state index is 10.1. The minimum absolute atomic E-state index is 0.505. The highest BCUT2D eigenvalue weighted by Crippen LogP contribution is 2.28. The van der Waals surface area contributed by atoms with E-state index >= 15 is 0 Å². The van der Waals surface area contributed by atoms with E-state index in [0.29, 0.717) is 16.8 Å². The number of pyridine rings is 2. The SMILES string of the molecule is CC(C)(O)c1cncc(-c2nn3ccccc3c2C#N)c1. The lowest BCUT2D eigenvalue weighted by Crippen LogP contribution is -2.15. The number of aliphatic hydroxyl groups is 1. The molecule has 0 fully saturated rings. The molecular weight excluding hydrogens is 264 g/mol. The molecule has 3 aromatic heterocycles. The van der Waals surface area contributed by atoms with E-state index in [-0.39, 0.29) is 0 Å². The molecule has 0 radical (unpaired) electrons. The topological polar surface area (TPSA) is 74.2 Å². The monoisotopic (exact) mass is 278 g/mol. The lowest BCUT2D eigenvalue weighted by molar-refractivity contribution is 0.0783. The second-order valence-electron chi connectivity index (χ2n) is 5.39. The van der Waals surface area contributed by atoms with Crippen LogP contribution >= 0.6 is 0 Å². The van der Waals surface area contributed by atoms with Gasteiger partial charge in [-0.3, -0.25) is 4.98 Å². The first-order chi connectivity index (χ1) is 10.0. The lowest BCUT2D eigenvalue weighted by atomic mass is 9.97. The highest BCUT2D eigenvalue weighted by atomic mass is 16.3. The van der Waals surface area contributed by atoms with Crippen LogP contribution in [0, 0.1) is 11.3 Å². The molecule has 3 aromatic rings. The average Bonchev–Trinajstić information content (AvgIpc) is 2.85. The van der Waals surface area contributed by atoms with Gasteiger partial charge in [-0.1, -0.05) is 6.07 Å². The number of rotatable bonds is 2. The van der Waals surface area contributed by atoms with E-state index in [2.05, 4.69) is 16.2 Å². The Morgan fingerprint density at radius 3 is 2.81 bits per heavy atom. The van der Waals surface area contributed by atoms with Crippen LogP contribution in [-0.2, 0) is 5.60 Å². The van der Waals surface area contributed by atoms with Crippen molar-refractivity contribution in [3.8, 4) is 17.3 Å². The van der Waals surface area contributed by atoms with Crippen LogP contribution in [0.5, 0.6) is 0 Å². The van der Waals surface area contributed by atoms with Gasteiger partial charge in [0.05, 0.1) is 11.1 Å². The summed E-state index contributed by atoms with van der Waals surface area (Å²) in [6, 6.07) is 9.59. The molecule has 0 spiro atoms. The Kier molecular flexibility index (Phi) is 2.96. The summed E-state index contributed by atoms with van der Waals surface area (Å²) in [4.78, 5) is 4.15. The molecule has 1 N–H and O–H groups in total. The number of hydrogen-bond donors (Lipinski definition) is 1. The molecule has 5 nitrogen and oxygen atoms in total. The Balaban J connectivity index is 2.24. The zero-order chi connectivity index (χ0) is 15.0. The molecule has 0 unspecified atom stereocenters. The zero-order valence-corrected chi connectivity index (χ0v) is 11.8. The van der Waals surface area contributed by atoms with Crippen LogP contribution in [0.15, 0.2) is 42.9 Å². The third-order valence-electron chi connectivity index (χ3n) is 3.37. The Bertz CT molecular complexity index is 853. The fourth-order valence-electron chi connectivity index (χ4n) is 2.22. The fourth-order valence-corrected chi connectivity index (χ4v) is 2.22. The molecule has 0 bridgehead atoms. The van der Waals surface area contributed by atoms with E-state index in [1.807, 2.05) is 24.3 Å². The summed E-state index contributed by atoms with van der Waals surface area (Å²) in [6.07, 6.45) is 5.07. The summed E-state index contributed by atoms with van der Waals surface area (Å²) < 4.78 is 1.67. The van der Waals surface area contributed by atoms with Crippen molar-refractivity contribution in [3.05, 3.63) is 54.0 Å². The van der Waals surface area contributed by atoms with Gasteiger partial charge in [0.1, 0.15) is 17.3 Å². The standard InChI is InChI=1S/C16H14N4O/c1-16(2,21)12-7-11(9-18-10-12)15-13(8-17)14-5-3-4-6-20(14)19-15/h3-7,9-10,21H,1-2H3. The Morgan fingerprint density at radius 1 is 1.29 bits per heavy atom. The van der Waals surface area contributed by atoms with Crippen molar-refractivity contribution in [2.24, 2.45) is 0 Å². The van der Waals surface area contributed by atoms with Crippen molar-refractivity contribution in [2.45, 2.75) is 19.4 Å². The van der Waals surface area contributed by atoms with Crippen molar-refractivity contribution in [2.75, 3.05) is 0 Å². The molecular formula is C16H14N4O.